The Labute approximate surface area is 122 Å². The molecule has 1 saturated heterocycles. The molecular weight excluding hydrogens is 248 g/mol. The topological polar surface area (TPSA) is 33.2 Å². The Balaban J connectivity index is 2.19. The van der Waals surface area contributed by atoms with Gasteiger partial charge in [-0.15, -0.1) is 0 Å². The van der Waals surface area contributed by atoms with E-state index < -0.39 is 0 Å². The highest BCUT2D eigenvalue weighted by Crippen LogP contribution is 2.25. The molecule has 0 bridgehead atoms. The number of amides is 1. The smallest absolute Gasteiger partial charge is 0.253 e. The van der Waals surface area contributed by atoms with Gasteiger partial charge in [0.25, 0.3) is 5.91 Å². The van der Waals surface area contributed by atoms with Gasteiger partial charge < -0.3 is 4.90 Å². The minimum atomic E-state index is 0.0229. The van der Waals surface area contributed by atoms with Gasteiger partial charge in [0.1, 0.15) is 0 Å². The molecule has 3 nitrogen and oxygen atoms in total. The second kappa shape index (κ2) is 6.38. The van der Waals surface area contributed by atoms with Crippen LogP contribution in [0.15, 0.2) is 18.3 Å². The summed E-state index contributed by atoms with van der Waals surface area (Å²) in [5.74, 6) is 0.169. The van der Waals surface area contributed by atoms with Crippen LogP contribution >= 0.6 is 0 Å². The van der Waals surface area contributed by atoms with E-state index in [2.05, 4.69) is 25.8 Å². The molecule has 1 aromatic rings. The van der Waals surface area contributed by atoms with Crippen LogP contribution in [0.4, 0.5) is 0 Å². The van der Waals surface area contributed by atoms with Crippen LogP contribution in [0.2, 0.25) is 0 Å². The lowest BCUT2D eigenvalue weighted by Gasteiger charge is -2.24. The molecule has 110 valence electrons. The maximum atomic E-state index is 12.6. The minimum absolute atomic E-state index is 0.0229. The molecule has 1 aliphatic rings. The molecule has 2 heterocycles. The summed E-state index contributed by atoms with van der Waals surface area (Å²) in [6, 6.07) is 3.83. The quantitative estimate of drug-likeness (QED) is 0.840. The highest BCUT2D eigenvalue weighted by atomic mass is 16.2. The zero-order chi connectivity index (χ0) is 14.6. The van der Waals surface area contributed by atoms with Gasteiger partial charge in [-0.3, -0.25) is 9.78 Å². The minimum Gasteiger partial charge on any atom is -0.339 e. The van der Waals surface area contributed by atoms with Crippen molar-refractivity contribution in [3.05, 3.63) is 29.6 Å². The Kier molecular flexibility index (Phi) is 4.79. The van der Waals surface area contributed by atoms with E-state index in [4.69, 9.17) is 0 Å². The molecule has 0 atom stereocenters. The van der Waals surface area contributed by atoms with Crippen molar-refractivity contribution >= 4 is 5.91 Å². The average Bonchev–Trinajstić information content (AvgIpc) is 2.75. The first-order valence-corrected chi connectivity index (χ1v) is 7.80. The zero-order valence-electron chi connectivity index (χ0n) is 13.0. The SMILES string of the molecule is CCC(C)(C)c1cc(C(=O)N2CCCCCC2)ccn1. The molecule has 0 saturated carbocycles. The van der Waals surface area contributed by atoms with Crippen molar-refractivity contribution in [1.82, 2.24) is 9.88 Å². The van der Waals surface area contributed by atoms with E-state index in [1.165, 1.54) is 12.8 Å². The van der Waals surface area contributed by atoms with Crippen LogP contribution in [0.25, 0.3) is 0 Å². The summed E-state index contributed by atoms with van der Waals surface area (Å²) < 4.78 is 0. The number of nitrogens with zero attached hydrogens (tertiary/aromatic N) is 2. The molecule has 1 aromatic heterocycles. The van der Waals surface area contributed by atoms with Gasteiger partial charge in [-0.05, 0) is 31.4 Å². The van der Waals surface area contributed by atoms with Gasteiger partial charge in [-0.25, -0.2) is 0 Å². The molecule has 3 heteroatoms. The van der Waals surface area contributed by atoms with Crippen LogP contribution in [0.3, 0.4) is 0 Å². The highest BCUT2D eigenvalue weighted by Gasteiger charge is 2.23. The first-order chi connectivity index (χ1) is 9.54. The van der Waals surface area contributed by atoms with E-state index in [0.29, 0.717) is 0 Å². The Morgan fingerprint density at radius 2 is 1.90 bits per heavy atom. The summed E-state index contributed by atoms with van der Waals surface area (Å²) >= 11 is 0. The number of aromatic nitrogens is 1. The Hall–Kier alpha value is -1.38. The zero-order valence-corrected chi connectivity index (χ0v) is 13.0. The predicted octanol–water partition coefficient (Wildman–Crippen LogP) is 3.79. The van der Waals surface area contributed by atoms with E-state index >= 15 is 0 Å². The maximum Gasteiger partial charge on any atom is 0.253 e. The number of hydrogen-bond donors (Lipinski definition) is 0. The molecular formula is C17H26N2O. The summed E-state index contributed by atoms with van der Waals surface area (Å²) in [6.07, 6.45) is 7.54. The number of rotatable bonds is 3. The van der Waals surface area contributed by atoms with E-state index in [1.807, 2.05) is 17.0 Å². The largest absolute Gasteiger partial charge is 0.339 e. The number of carbonyl (C=O) groups is 1. The highest BCUT2D eigenvalue weighted by molar-refractivity contribution is 5.94. The Morgan fingerprint density at radius 1 is 1.25 bits per heavy atom. The van der Waals surface area contributed by atoms with Gasteiger partial charge in [0.15, 0.2) is 0 Å². The van der Waals surface area contributed by atoms with Crippen molar-refractivity contribution < 1.29 is 4.79 Å². The third-order valence-electron chi connectivity index (χ3n) is 4.48. The molecule has 0 aliphatic carbocycles. The Bertz CT molecular complexity index is 460. The second-order valence-electron chi connectivity index (χ2n) is 6.37. The van der Waals surface area contributed by atoms with Crippen LogP contribution < -0.4 is 0 Å². The number of hydrogen-bond acceptors (Lipinski definition) is 2. The monoisotopic (exact) mass is 274 g/mol. The molecule has 0 radical (unpaired) electrons. The van der Waals surface area contributed by atoms with Gasteiger partial charge >= 0.3 is 0 Å². The fourth-order valence-electron chi connectivity index (χ4n) is 2.57. The molecule has 1 amide bonds. The van der Waals surface area contributed by atoms with Gasteiger partial charge in [-0.1, -0.05) is 33.6 Å². The van der Waals surface area contributed by atoms with Crippen LogP contribution in [0.1, 0.15) is 68.9 Å². The Morgan fingerprint density at radius 3 is 2.50 bits per heavy atom. The molecule has 1 aliphatic heterocycles. The predicted molar refractivity (Wildman–Crippen MR) is 81.9 cm³/mol. The molecule has 1 fully saturated rings. The van der Waals surface area contributed by atoms with Crippen LogP contribution in [0.5, 0.6) is 0 Å². The lowest BCUT2D eigenvalue weighted by atomic mass is 9.85. The first kappa shape index (κ1) is 15.0. The van der Waals surface area contributed by atoms with Gasteiger partial charge in [-0.2, -0.15) is 0 Å². The second-order valence-corrected chi connectivity index (χ2v) is 6.37. The first-order valence-electron chi connectivity index (χ1n) is 7.80. The van der Waals surface area contributed by atoms with Crippen molar-refractivity contribution in [3.8, 4) is 0 Å². The fraction of sp³-hybridized carbons (Fsp3) is 0.647. The summed E-state index contributed by atoms with van der Waals surface area (Å²) in [5.41, 5.74) is 1.83. The van der Waals surface area contributed by atoms with Crippen LogP contribution in [0, 0.1) is 0 Å². The summed E-state index contributed by atoms with van der Waals surface area (Å²) in [4.78, 5) is 19.1. The van der Waals surface area contributed by atoms with Gasteiger partial charge in [0, 0.05) is 36.0 Å². The standard InChI is InChI=1S/C17H26N2O/c1-4-17(2,3)15-13-14(9-10-18-15)16(20)19-11-7-5-6-8-12-19/h9-10,13H,4-8,11-12H2,1-3H3. The normalized spacial score (nSPS) is 16.9. The van der Waals surface area contributed by atoms with Crippen molar-refractivity contribution in [3.63, 3.8) is 0 Å². The number of carbonyl (C=O) groups excluding carboxylic acids is 1. The van der Waals surface area contributed by atoms with Crippen molar-refractivity contribution in [2.24, 2.45) is 0 Å². The summed E-state index contributed by atoms with van der Waals surface area (Å²) in [7, 11) is 0. The van der Waals surface area contributed by atoms with Crippen molar-refractivity contribution in [1.29, 1.82) is 0 Å². The third kappa shape index (κ3) is 3.38. The molecule has 2 rings (SSSR count). The molecule has 0 aromatic carbocycles. The molecule has 0 N–H and O–H groups in total. The van der Waals surface area contributed by atoms with Gasteiger partial charge in [0.05, 0.1) is 0 Å². The number of pyridine rings is 1. The average molecular weight is 274 g/mol. The fourth-order valence-corrected chi connectivity index (χ4v) is 2.57. The maximum absolute atomic E-state index is 12.6. The molecule has 0 unspecified atom stereocenters. The van der Waals surface area contributed by atoms with E-state index in [9.17, 15) is 4.79 Å². The van der Waals surface area contributed by atoms with Gasteiger partial charge in [0.2, 0.25) is 0 Å². The van der Waals surface area contributed by atoms with Crippen molar-refractivity contribution in [2.75, 3.05) is 13.1 Å². The van der Waals surface area contributed by atoms with Crippen molar-refractivity contribution in [2.45, 2.75) is 58.3 Å². The van der Waals surface area contributed by atoms with Crippen LogP contribution in [-0.2, 0) is 5.41 Å². The third-order valence-corrected chi connectivity index (χ3v) is 4.48. The van der Waals surface area contributed by atoms with E-state index in [1.54, 1.807) is 6.20 Å². The summed E-state index contributed by atoms with van der Waals surface area (Å²) in [5, 5.41) is 0. The molecule has 0 spiro atoms. The van der Waals surface area contributed by atoms with E-state index in [0.717, 1.165) is 43.6 Å². The lowest BCUT2D eigenvalue weighted by molar-refractivity contribution is 0.0761. The molecule has 20 heavy (non-hydrogen) atoms. The lowest BCUT2D eigenvalue weighted by Crippen LogP contribution is -2.32. The van der Waals surface area contributed by atoms with E-state index in [-0.39, 0.29) is 11.3 Å². The number of likely N-dealkylation sites (tertiary alicyclic amines) is 1. The van der Waals surface area contributed by atoms with Crippen LogP contribution in [-0.4, -0.2) is 28.9 Å². The summed E-state index contributed by atoms with van der Waals surface area (Å²) in [6.45, 7) is 8.30.